The van der Waals surface area contributed by atoms with Gasteiger partial charge in [-0.15, -0.1) is 0 Å². The minimum atomic E-state index is -4.52. The van der Waals surface area contributed by atoms with E-state index in [0.717, 1.165) is 6.07 Å². The van der Waals surface area contributed by atoms with Crippen LogP contribution in [0.4, 0.5) is 5.69 Å². The van der Waals surface area contributed by atoms with Crippen LogP contribution < -0.4 is 40.0 Å². The van der Waals surface area contributed by atoms with Gasteiger partial charge in [0.2, 0.25) is 0 Å². The Kier molecular flexibility index (Phi) is 4.90. The first-order valence-corrected chi connectivity index (χ1v) is 4.75. The van der Waals surface area contributed by atoms with Crippen molar-refractivity contribution in [3.63, 3.8) is 0 Å². The van der Waals surface area contributed by atoms with Gasteiger partial charge in [0.15, 0.2) is 0 Å². The first kappa shape index (κ1) is 13.7. The maximum absolute atomic E-state index is 10.7. The molecule has 0 aromatic heterocycles. The van der Waals surface area contributed by atoms with Gasteiger partial charge in [0.05, 0.1) is 12.0 Å². The molecule has 72 valence electrons. The summed E-state index contributed by atoms with van der Waals surface area (Å²) in [5, 5.41) is 0. The zero-order chi connectivity index (χ0) is 10.1. The predicted molar refractivity (Wildman–Crippen MR) is 45.4 cm³/mol. The fourth-order valence-electron chi connectivity index (χ4n) is 0.889. The Morgan fingerprint density at radius 3 is 2.43 bits per heavy atom. The summed E-state index contributed by atoms with van der Waals surface area (Å²) in [5.41, 5.74) is 5.52. The van der Waals surface area contributed by atoms with Crippen molar-refractivity contribution in [3.8, 4) is 5.75 Å². The Labute approximate surface area is 104 Å². The third kappa shape index (κ3) is 3.14. The summed E-state index contributed by atoms with van der Waals surface area (Å²) in [4.78, 5) is -0.435. The number of hydrogen-bond donors (Lipinski definition) is 1. The average molecular weight is 225 g/mol. The smallest absolute Gasteiger partial charge is 0.744 e. The van der Waals surface area contributed by atoms with Crippen LogP contribution in [0.1, 0.15) is 0 Å². The molecule has 2 N–H and O–H groups in total. The van der Waals surface area contributed by atoms with Crippen LogP contribution in [0.15, 0.2) is 23.1 Å². The number of ether oxygens (including phenoxy) is 1. The molecule has 0 saturated carbocycles. The molecule has 0 aliphatic rings. The summed E-state index contributed by atoms with van der Waals surface area (Å²) in [6, 6.07) is 3.86. The van der Waals surface area contributed by atoms with Gasteiger partial charge in [-0.2, -0.15) is 0 Å². The van der Waals surface area contributed by atoms with Gasteiger partial charge in [-0.3, -0.25) is 0 Å². The van der Waals surface area contributed by atoms with Gasteiger partial charge < -0.3 is 15.0 Å². The van der Waals surface area contributed by atoms with E-state index in [1.807, 2.05) is 0 Å². The Morgan fingerprint density at radius 2 is 2.00 bits per heavy atom. The third-order valence-corrected chi connectivity index (χ3v) is 2.31. The first-order chi connectivity index (χ1) is 5.95. The molecule has 0 spiro atoms. The largest absolute Gasteiger partial charge is 1.00 e. The molecule has 1 rings (SSSR count). The third-order valence-electron chi connectivity index (χ3n) is 1.46. The zero-order valence-corrected chi connectivity index (χ0v) is 10.7. The van der Waals surface area contributed by atoms with E-state index < -0.39 is 15.0 Å². The van der Waals surface area contributed by atoms with Crippen LogP contribution in [0.25, 0.3) is 0 Å². The molecule has 0 saturated heterocycles. The maximum atomic E-state index is 10.7. The molecular formula is C7H8NNaO4S. The predicted octanol–water partition coefficient (Wildman–Crippen LogP) is -2.81. The molecule has 7 heteroatoms. The molecule has 0 radical (unpaired) electrons. The Morgan fingerprint density at radius 1 is 1.43 bits per heavy atom. The summed E-state index contributed by atoms with van der Waals surface area (Å²) in [6.45, 7) is 0. The average Bonchev–Trinajstić information content (AvgIpc) is 2.03. The van der Waals surface area contributed by atoms with E-state index in [0.29, 0.717) is 0 Å². The van der Waals surface area contributed by atoms with Crippen molar-refractivity contribution in [3.05, 3.63) is 18.2 Å². The van der Waals surface area contributed by atoms with Crippen LogP contribution in [-0.2, 0) is 10.1 Å². The summed E-state index contributed by atoms with van der Waals surface area (Å²) in [7, 11) is -3.25. The quantitative estimate of drug-likeness (QED) is 0.333. The molecule has 0 bridgehead atoms. The Balaban J connectivity index is 0.00000169. The van der Waals surface area contributed by atoms with Crippen LogP contribution in [-0.4, -0.2) is 20.1 Å². The molecule has 0 aliphatic carbocycles. The fraction of sp³-hybridized carbons (Fsp3) is 0.143. The van der Waals surface area contributed by atoms with Gasteiger partial charge in [-0.05, 0) is 18.2 Å². The van der Waals surface area contributed by atoms with Crippen LogP contribution in [0.5, 0.6) is 5.75 Å². The Bertz CT molecular complexity index is 418. The van der Waals surface area contributed by atoms with Crippen LogP contribution in [0.3, 0.4) is 0 Å². The van der Waals surface area contributed by atoms with E-state index in [9.17, 15) is 13.0 Å². The van der Waals surface area contributed by atoms with Crippen LogP contribution >= 0.6 is 0 Å². The van der Waals surface area contributed by atoms with E-state index in [-0.39, 0.29) is 41.0 Å². The molecule has 0 heterocycles. The topological polar surface area (TPSA) is 92.5 Å². The number of methoxy groups -OCH3 is 1. The van der Waals surface area contributed by atoms with Gasteiger partial charge in [0.1, 0.15) is 15.9 Å². The zero-order valence-electron chi connectivity index (χ0n) is 7.85. The van der Waals surface area contributed by atoms with Gasteiger partial charge in [0, 0.05) is 5.69 Å². The van der Waals surface area contributed by atoms with Crippen molar-refractivity contribution < 1.29 is 47.3 Å². The SMILES string of the molecule is COc1ccc(N)cc1S(=O)(=O)[O-].[Na+]. The van der Waals surface area contributed by atoms with Gasteiger partial charge >= 0.3 is 29.6 Å². The number of nitrogen functional groups attached to an aromatic ring is 1. The molecule has 5 nitrogen and oxygen atoms in total. The summed E-state index contributed by atoms with van der Waals surface area (Å²) >= 11 is 0. The van der Waals surface area contributed by atoms with E-state index >= 15 is 0 Å². The molecule has 0 unspecified atom stereocenters. The first-order valence-electron chi connectivity index (χ1n) is 3.34. The molecule has 0 fully saturated rings. The fourth-order valence-corrected chi connectivity index (χ4v) is 1.57. The van der Waals surface area contributed by atoms with Crippen molar-refractivity contribution in [2.75, 3.05) is 12.8 Å². The normalized spacial score (nSPS) is 10.4. The second kappa shape index (κ2) is 4.99. The summed E-state index contributed by atoms with van der Waals surface area (Å²) in [5.74, 6) is 0.00389. The van der Waals surface area contributed by atoms with Gasteiger partial charge in [-0.1, -0.05) is 0 Å². The van der Waals surface area contributed by atoms with Crippen molar-refractivity contribution in [1.29, 1.82) is 0 Å². The molecule has 0 atom stereocenters. The monoisotopic (exact) mass is 225 g/mol. The minimum Gasteiger partial charge on any atom is -0.744 e. The van der Waals surface area contributed by atoms with Gasteiger partial charge in [0.25, 0.3) is 0 Å². The molecule has 1 aromatic carbocycles. The summed E-state index contributed by atoms with van der Waals surface area (Å²) in [6.07, 6.45) is 0. The summed E-state index contributed by atoms with van der Waals surface area (Å²) < 4.78 is 36.7. The molecule has 1 aromatic rings. The standard InChI is InChI=1S/C7H9NO4S.Na/c1-12-6-3-2-5(8)4-7(6)13(9,10)11;/h2-4H,8H2,1H3,(H,9,10,11);/q;+1/p-1. The van der Waals surface area contributed by atoms with Crippen molar-refractivity contribution in [1.82, 2.24) is 0 Å². The number of hydrogen-bond acceptors (Lipinski definition) is 5. The van der Waals surface area contributed by atoms with Crippen molar-refractivity contribution in [2.24, 2.45) is 0 Å². The number of benzene rings is 1. The van der Waals surface area contributed by atoms with Crippen LogP contribution in [0.2, 0.25) is 0 Å². The number of anilines is 1. The van der Waals surface area contributed by atoms with E-state index in [4.69, 9.17) is 10.5 Å². The van der Waals surface area contributed by atoms with Crippen LogP contribution in [0, 0.1) is 0 Å². The Hall–Kier alpha value is -0.270. The van der Waals surface area contributed by atoms with Crippen molar-refractivity contribution in [2.45, 2.75) is 4.90 Å². The second-order valence-electron chi connectivity index (χ2n) is 2.36. The minimum absolute atomic E-state index is 0. The van der Waals surface area contributed by atoms with Gasteiger partial charge in [-0.25, -0.2) is 8.42 Å². The van der Waals surface area contributed by atoms with E-state index in [1.165, 1.54) is 19.2 Å². The molecule has 0 aliphatic heterocycles. The molecule has 0 amide bonds. The number of nitrogens with two attached hydrogens (primary N) is 1. The van der Waals surface area contributed by atoms with E-state index in [1.54, 1.807) is 0 Å². The molecule has 14 heavy (non-hydrogen) atoms. The number of rotatable bonds is 2. The molecular weight excluding hydrogens is 217 g/mol. The van der Waals surface area contributed by atoms with Crippen molar-refractivity contribution >= 4 is 15.8 Å². The second-order valence-corrected chi connectivity index (χ2v) is 3.71. The maximum Gasteiger partial charge on any atom is 1.00 e. The van der Waals surface area contributed by atoms with E-state index in [2.05, 4.69) is 0 Å².